The van der Waals surface area contributed by atoms with E-state index in [0.717, 1.165) is 22.3 Å². The van der Waals surface area contributed by atoms with E-state index in [-0.39, 0.29) is 0 Å². The monoisotopic (exact) mass is 347 g/mol. The Morgan fingerprint density at radius 3 is 2.38 bits per heavy atom. The average molecular weight is 348 g/mol. The molecule has 0 bridgehead atoms. The lowest BCUT2D eigenvalue weighted by Gasteiger charge is -2.19. The molecule has 0 aliphatic rings. The van der Waals surface area contributed by atoms with Gasteiger partial charge in [0.05, 0.1) is 7.11 Å². The normalized spacial score (nSPS) is 12.0. The maximum Gasteiger partial charge on any atom is 0.126 e. The minimum Gasteiger partial charge on any atom is -0.496 e. The van der Waals surface area contributed by atoms with Crippen LogP contribution in [0.3, 0.4) is 0 Å². The highest BCUT2D eigenvalue weighted by Gasteiger charge is 2.10. The molecule has 112 valence electrons. The van der Waals surface area contributed by atoms with Gasteiger partial charge in [-0.2, -0.15) is 0 Å². The maximum atomic E-state index is 5.48. The van der Waals surface area contributed by atoms with E-state index in [2.05, 4.69) is 78.4 Å². The van der Waals surface area contributed by atoms with Gasteiger partial charge in [0.2, 0.25) is 0 Å². The van der Waals surface area contributed by atoms with E-state index >= 15 is 0 Å². The Labute approximate surface area is 135 Å². The number of methoxy groups -OCH3 is 1. The molecule has 0 saturated carbocycles. The first kappa shape index (κ1) is 15.9. The molecule has 0 saturated heterocycles. The number of hydrogen-bond donors (Lipinski definition) is 1. The summed E-state index contributed by atoms with van der Waals surface area (Å²) < 4.78 is 6.60. The zero-order chi connectivity index (χ0) is 15.4. The standard InChI is InChI=1S/C18H22BrNO/c1-12-5-10-17(14(3)18(12)21-4)20-13(2)11-15-6-8-16(19)9-7-15/h5-10,13,20H,11H2,1-4H3. The van der Waals surface area contributed by atoms with Crippen molar-refractivity contribution < 1.29 is 4.74 Å². The molecule has 0 amide bonds. The number of anilines is 1. The molecule has 2 nitrogen and oxygen atoms in total. The van der Waals surface area contributed by atoms with Crippen LogP contribution in [0.1, 0.15) is 23.6 Å². The van der Waals surface area contributed by atoms with Crippen LogP contribution in [0.5, 0.6) is 5.75 Å². The highest BCUT2D eigenvalue weighted by molar-refractivity contribution is 9.10. The number of rotatable bonds is 5. The van der Waals surface area contributed by atoms with Crippen LogP contribution in [0.25, 0.3) is 0 Å². The third-order valence-corrected chi connectivity index (χ3v) is 4.19. The number of hydrogen-bond acceptors (Lipinski definition) is 2. The highest BCUT2D eigenvalue weighted by atomic mass is 79.9. The van der Waals surface area contributed by atoms with Crippen LogP contribution in [0.2, 0.25) is 0 Å². The van der Waals surface area contributed by atoms with Crippen molar-refractivity contribution >= 4 is 21.6 Å². The average Bonchev–Trinajstić information content (AvgIpc) is 2.45. The summed E-state index contributed by atoms with van der Waals surface area (Å²) in [6, 6.07) is 13.1. The van der Waals surface area contributed by atoms with Crippen molar-refractivity contribution in [1.29, 1.82) is 0 Å². The van der Waals surface area contributed by atoms with Crippen molar-refractivity contribution in [3.05, 3.63) is 57.6 Å². The van der Waals surface area contributed by atoms with E-state index in [1.807, 2.05) is 0 Å². The molecule has 0 spiro atoms. The van der Waals surface area contributed by atoms with Gasteiger partial charge in [0.25, 0.3) is 0 Å². The third kappa shape index (κ3) is 4.01. The molecule has 2 rings (SSSR count). The van der Waals surface area contributed by atoms with Crippen LogP contribution in [0.15, 0.2) is 40.9 Å². The summed E-state index contributed by atoms with van der Waals surface area (Å²) in [5.74, 6) is 0.968. The SMILES string of the molecule is COc1c(C)ccc(NC(C)Cc2ccc(Br)cc2)c1C. The fourth-order valence-corrected chi connectivity index (χ4v) is 2.85. The first-order valence-corrected chi connectivity index (χ1v) is 7.95. The van der Waals surface area contributed by atoms with Gasteiger partial charge in [-0.05, 0) is 56.5 Å². The number of nitrogens with one attached hydrogen (secondary N) is 1. The second-order valence-electron chi connectivity index (χ2n) is 5.46. The molecule has 3 heteroatoms. The Bertz CT molecular complexity index is 607. The van der Waals surface area contributed by atoms with E-state index in [1.54, 1.807) is 7.11 Å². The predicted octanol–water partition coefficient (Wildman–Crippen LogP) is 5.12. The van der Waals surface area contributed by atoms with Gasteiger partial charge in [0.15, 0.2) is 0 Å². The summed E-state index contributed by atoms with van der Waals surface area (Å²) in [4.78, 5) is 0. The van der Waals surface area contributed by atoms with Crippen LogP contribution < -0.4 is 10.1 Å². The second kappa shape index (κ2) is 6.99. The van der Waals surface area contributed by atoms with Crippen LogP contribution in [0, 0.1) is 13.8 Å². The zero-order valence-electron chi connectivity index (χ0n) is 13.0. The summed E-state index contributed by atoms with van der Waals surface area (Å²) >= 11 is 3.47. The summed E-state index contributed by atoms with van der Waals surface area (Å²) in [6.07, 6.45) is 0.989. The second-order valence-corrected chi connectivity index (χ2v) is 6.38. The highest BCUT2D eigenvalue weighted by Crippen LogP contribution is 2.29. The molecule has 0 aromatic heterocycles. The zero-order valence-corrected chi connectivity index (χ0v) is 14.6. The number of ether oxygens (including phenoxy) is 1. The summed E-state index contributed by atoms with van der Waals surface area (Å²) in [7, 11) is 1.73. The molecule has 1 unspecified atom stereocenters. The van der Waals surface area contributed by atoms with Crippen molar-refractivity contribution in [3.63, 3.8) is 0 Å². The molecular formula is C18H22BrNO. The lowest BCUT2D eigenvalue weighted by atomic mass is 10.0. The van der Waals surface area contributed by atoms with E-state index in [9.17, 15) is 0 Å². The molecular weight excluding hydrogens is 326 g/mol. The molecule has 0 aliphatic heterocycles. The first-order valence-electron chi connectivity index (χ1n) is 7.16. The van der Waals surface area contributed by atoms with Gasteiger partial charge in [-0.15, -0.1) is 0 Å². The Balaban J connectivity index is 2.09. The van der Waals surface area contributed by atoms with Gasteiger partial charge < -0.3 is 10.1 Å². The van der Waals surface area contributed by atoms with E-state index in [4.69, 9.17) is 4.74 Å². The largest absolute Gasteiger partial charge is 0.496 e. The van der Waals surface area contributed by atoms with Gasteiger partial charge in [0, 0.05) is 21.8 Å². The fourth-order valence-electron chi connectivity index (χ4n) is 2.59. The summed E-state index contributed by atoms with van der Waals surface area (Å²) in [6.45, 7) is 6.37. The Morgan fingerprint density at radius 1 is 1.10 bits per heavy atom. The number of benzene rings is 2. The predicted molar refractivity (Wildman–Crippen MR) is 93.4 cm³/mol. The molecule has 1 N–H and O–H groups in total. The van der Waals surface area contributed by atoms with Gasteiger partial charge >= 0.3 is 0 Å². The van der Waals surface area contributed by atoms with Crippen molar-refractivity contribution in [2.45, 2.75) is 33.2 Å². The fraction of sp³-hybridized carbons (Fsp3) is 0.333. The van der Waals surface area contributed by atoms with Crippen molar-refractivity contribution in [3.8, 4) is 5.75 Å². The lowest BCUT2D eigenvalue weighted by Crippen LogP contribution is -2.18. The smallest absolute Gasteiger partial charge is 0.126 e. The minimum atomic E-state index is 0.359. The molecule has 0 heterocycles. The molecule has 21 heavy (non-hydrogen) atoms. The number of halogens is 1. The molecule has 0 aliphatic carbocycles. The molecule has 2 aromatic carbocycles. The third-order valence-electron chi connectivity index (χ3n) is 3.66. The lowest BCUT2D eigenvalue weighted by molar-refractivity contribution is 0.409. The molecule has 0 radical (unpaired) electrons. The van der Waals surface area contributed by atoms with Crippen molar-refractivity contribution in [2.24, 2.45) is 0 Å². The first-order chi connectivity index (χ1) is 10.0. The van der Waals surface area contributed by atoms with Gasteiger partial charge in [-0.25, -0.2) is 0 Å². The van der Waals surface area contributed by atoms with Crippen molar-refractivity contribution in [2.75, 3.05) is 12.4 Å². The van der Waals surface area contributed by atoms with E-state index < -0.39 is 0 Å². The van der Waals surface area contributed by atoms with Crippen LogP contribution in [-0.4, -0.2) is 13.2 Å². The quantitative estimate of drug-likeness (QED) is 0.810. The Morgan fingerprint density at radius 2 is 1.76 bits per heavy atom. The van der Waals surface area contributed by atoms with Crippen LogP contribution in [0.4, 0.5) is 5.69 Å². The summed E-state index contributed by atoms with van der Waals surface area (Å²) in [5, 5.41) is 3.58. The molecule has 2 aromatic rings. The number of aryl methyl sites for hydroxylation is 1. The van der Waals surface area contributed by atoms with Crippen molar-refractivity contribution in [1.82, 2.24) is 0 Å². The summed E-state index contributed by atoms with van der Waals surface area (Å²) in [5.41, 5.74) is 4.80. The van der Waals surface area contributed by atoms with Gasteiger partial charge in [0.1, 0.15) is 5.75 Å². The topological polar surface area (TPSA) is 21.3 Å². The van der Waals surface area contributed by atoms with Gasteiger partial charge in [-0.1, -0.05) is 34.1 Å². The van der Waals surface area contributed by atoms with E-state index in [0.29, 0.717) is 6.04 Å². The molecule has 1 atom stereocenters. The maximum absolute atomic E-state index is 5.48. The Kier molecular flexibility index (Phi) is 5.29. The van der Waals surface area contributed by atoms with Crippen LogP contribution >= 0.6 is 15.9 Å². The molecule has 0 fully saturated rings. The van der Waals surface area contributed by atoms with E-state index in [1.165, 1.54) is 16.7 Å². The van der Waals surface area contributed by atoms with Gasteiger partial charge in [-0.3, -0.25) is 0 Å². The Hall–Kier alpha value is -1.48. The minimum absolute atomic E-state index is 0.359. The van der Waals surface area contributed by atoms with Crippen LogP contribution in [-0.2, 0) is 6.42 Å².